The van der Waals surface area contributed by atoms with Crippen molar-refractivity contribution in [2.45, 2.75) is 0 Å². The normalized spacial score (nSPS) is 10.8. The van der Waals surface area contributed by atoms with E-state index in [1.807, 2.05) is 0 Å². The number of rotatable bonds is 4. The molecule has 0 saturated heterocycles. The van der Waals surface area contributed by atoms with Crippen molar-refractivity contribution in [2.24, 2.45) is 0 Å². The number of benzene rings is 1. The molecule has 23 heavy (non-hydrogen) atoms. The lowest BCUT2D eigenvalue weighted by molar-refractivity contribution is -0.123. The highest BCUT2D eigenvalue weighted by Crippen LogP contribution is 2.30. The summed E-state index contributed by atoms with van der Waals surface area (Å²) in [6.07, 6.45) is 2.55. The van der Waals surface area contributed by atoms with Gasteiger partial charge in [0.15, 0.2) is 0 Å². The van der Waals surface area contributed by atoms with Crippen LogP contribution in [0, 0.1) is 5.82 Å². The second-order valence-corrected chi connectivity index (χ2v) is 5.01. The highest BCUT2D eigenvalue weighted by atomic mass is 19.1. The molecule has 7 heteroatoms. The summed E-state index contributed by atoms with van der Waals surface area (Å²) in [7, 11) is 4.89. The molecule has 0 aliphatic rings. The SMILES string of the molecule is CNc1ccc(-c2cc(F)c(/C=C/C(=O)N(C)C)cc2O)nn1. The fourth-order valence-electron chi connectivity index (χ4n) is 1.83. The third-order valence-corrected chi connectivity index (χ3v) is 3.16. The lowest BCUT2D eigenvalue weighted by atomic mass is 10.1. The molecule has 0 radical (unpaired) electrons. The fourth-order valence-corrected chi connectivity index (χ4v) is 1.83. The summed E-state index contributed by atoms with van der Waals surface area (Å²) in [6.45, 7) is 0. The molecule has 1 amide bonds. The molecule has 120 valence electrons. The molecule has 0 atom stereocenters. The summed E-state index contributed by atoms with van der Waals surface area (Å²) < 4.78 is 14.2. The number of amides is 1. The quantitative estimate of drug-likeness (QED) is 0.845. The van der Waals surface area contributed by atoms with E-state index >= 15 is 0 Å². The molecule has 1 heterocycles. The molecular weight excluding hydrogens is 299 g/mol. The van der Waals surface area contributed by atoms with Crippen molar-refractivity contribution in [3.8, 4) is 17.0 Å². The van der Waals surface area contributed by atoms with Gasteiger partial charge in [-0.15, -0.1) is 10.2 Å². The molecular formula is C16H17FN4O2. The van der Waals surface area contributed by atoms with Crippen molar-refractivity contribution in [1.29, 1.82) is 0 Å². The number of phenols is 1. The minimum atomic E-state index is -0.569. The van der Waals surface area contributed by atoms with E-state index in [0.29, 0.717) is 11.5 Å². The average Bonchev–Trinajstić information content (AvgIpc) is 2.55. The number of nitrogens with zero attached hydrogens (tertiary/aromatic N) is 3. The van der Waals surface area contributed by atoms with Gasteiger partial charge in [0.2, 0.25) is 5.91 Å². The van der Waals surface area contributed by atoms with Crippen LogP contribution in [-0.4, -0.2) is 47.3 Å². The first kappa shape index (κ1) is 16.4. The summed E-state index contributed by atoms with van der Waals surface area (Å²) in [5.74, 6) is -0.424. The fraction of sp³-hybridized carbons (Fsp3) is 0.188. The Morgan fingerprint density at radius 3 is 2.61 bits per heavy atom. The first-order valence-corrected chi connectivity index (χ1v) is 6.86. The Balaban J connectivity index is 2.34. The predicted octanol–water partition coefficient (Wildman–Crippen LogP) is 2.13. The number of likely N-dealkylation sites (N-methyl/N-ethyl adjacent to an activating group) is 1. The molecule has 1 aromatic heterocycles. The number of carbonyl (C=O) groups excluding carboxylic acids is 1. The Hall–Kier alpha value is -2.96. The molecule has 6 nitrogen and oxygen atoms in total. The number of hydrogen-bond donors (Lipinski definition) is 2. The van der Waals surface area contributed by atoms with Crippen molar-refractivity contribution < 1.29 is 14.3 Å². The Morgan fingerprint density at radius 1 is 1.30 bits per heavy atom. The summed E-state index contributed by atoms with van der Waals surface area (Å²) in [5.41, 5.74) is 0.690. The maximum absolute atomic E-state index is 14.2. The Morgan fingerprint density at radius 2 is 2.04 bits per heavy atom. The van der Waals surface area contributed by atoms with Crippen LogP contribution in [-0.2, 0) is 4.79 Å². The van der Waals surface area contributed by atoms with E-state index in [0.717, 1.165) is 6.07 Å². The van der Waals surface area contributed by atoms with Crippen LogP contribution in [0.15, 0.2) is 30.3 Å². The minimum Gasteiger partial charge on any atom is -0.507 e. The molecule has 0 aliphatic carbocycles. The number of nitrogens with one attached hydrogen (secondary N) is 1. The highest BCUT2D eigenvalue weighted by Gasteiger charge is 2.12. The van der Waals surface area contributed by atoms with E-state index < -0.39 is 5.82 Å². The Labute approximate surface area is 133 Å². The van der Waals surface area contributed by atoms with E-state index in [1.165, 1.54) is 23.1 Å². The van der Waals surface area contributed by atoms with E-state index in [9.17, 15) is 14.3 Å². The molecule has 0 bridgehead atoms. The smallest absolute Gasteiger partial charge is 0.246 e. The summed E-state index contributed by atoms with van der Waals surface area (Å²) >= 11 is 0. The second kappa shape index (κ2) is 6.87. The monoisotopic (exact) mass is 316 g/mol. The zero-order valence-corrected chi connectivity index (χ0v) is 13.0. The van der Waals surface area contributed by atoms with Gasteiger partial charge in [0.25, 0.3) is 0 Å². The first-order chi connectivity index (χ1) is 10.9. The van der Waals surface area contributed by atoms with E-state index in [2.05, 4.69) is 15.5 Å². The number of carbonyl (C=O) groups is 1. The van der Waals surface area contributed by atoms with Crippen molar-refractivity contribution in [1.82, 2.24) is 15.1 Å². The zero-order chi connectivity index (χ0) is 17.0. The van der Waals surface area contributed by atoms with Crippen molar-refractivity contribution in [2.75, 3.05) is 26.5 Å². The van der Waals surface area contributed by atoms with Crippen LogP contribution in [0.5, 0.6) is 5.75 Å². The van der Waals surface area contributed by atoms with Gasteiger partial charge < -0.3 is 15.3 Å². The van der Waals surface area contributed by atoms with Gasteiger partial charge in [-0.3, -0.25) is 4.79 Å². The largest absolute Gasteiger partial charge is 0.507 e. The second-order valence-electron chi connectivity index (χ2n) is 5.01. The number of anilines is 1. The summed E-state index contributed by atoms with van der Waals surface area (Å²) in [6, 6.07) is 5.71. The predicted molar refractivity (Wildman–Crippen MR) is 86.4 cm³/mol. The number of hydrogen-bond acceptors (Lipinski definition) is 5. The molecule has 0 spiro atoms. The van der Waals surface area contributed by atoms with Crippen molar-refractivity contribution in [3.05, 3.63) is 41.7 Å². The van der Waals surface area contributed by atoms with Crippen LogP contribution in [0.25, 0.3) is 17.3 Å². The lowest BCUT2D eigenvalue weighted by Gasteiger charge is -2.08. The molecule has 0 aliphatic heterocycles. The highest BCUT2D eigenvalue weighted by molar-refractivity contribution is 5.91. The maximum atomic E-state index is 14.2. The lowest BCUT2D eigenvalue weighted by Crippen LogP contribution is -2.18. The van der Waals surface area contributed by atoms with Crippen LogP contribution in [0.3, 0.4) is 0 Å². The third kappa shape index (κ3) is 3.82. The van der Waals surface area contributed by atoms with Gasteiger partial charge in [-0.2, -0.15) is 0 Å². The standard InChI is InChI=1S/C16H17FN4O2/c1-18-15-6-5-13(19-20-15)11-9-12(17)10(8-14(11)22)4-7-16(23)21(2)3/h4-9,22H,1-3H3,(H,18,20)/b7-4+. The average molecular weight is 316 g/mol. The maximum Gasteiger partial charge on any atom is 0.246 e. The van der Waals surface area contributed by atoms with E-state index in [-0.39, 0.29) is 22.8 Å². The van der Waals surface area contributed by atoms with Gasteiger partial charge >= 0.3 is 0 Å². The Bertz CT molecular complexity index is 742. The molecule has 0 saturated carbocycles. The zero-order valence-electron chi connectivity index (χ0n) is 13.0. The van der Waals surface area contributed by atoms with Crippen LogP contribution >= 0.6 is 0 Å². The van der Waals surface area contributed by atoms with Gasteiger partial charge in [-0.05, 0) is 30.3 Å². The molecule has 1 aromatic carbocycles. The van der Waals surface area contributed by atoms with Crippen LogP contribution in [0.4, 0.5) is 10.2 Å². The van der Waals surface area contributed by atoms with Gasteiger partial charge in [-0.25, -0.2) is 4.39 Å². The minimum absolute atomic E-state index is 0.112. The van der Waals surface area contributed by atoms with Gasteiger partial charge in [0, 0.05) is 38.3 Å². The molecule has 0 fully saturated rings. The van der Waals surface area contributed by atoms with Crippen LogP contribution < -0.4 is 5.32 Å². The number of halogens is 1. The first-order valence-electron chi connectivity index (χ1n) is 6.86. The van der Waals surface area contributed by atoms with E-state index in [1.54, 1.807) is 33.3 Å². The van der Waals surface area contributed by atoms with Crippen molar-refractivity contribution >= 4 is 17.8 Å². The number of aromatic nitrogens is 2. The van der Waals surface area contributed by atoms with Crippen LogP contribution in [0.2, 0.25) is 0 Å². The molecule has 2 aromatic rings. The molecule has 2 rings (SSSR count). The number of aromatic hydroxyl groups is 1. The molecule has 0 unspecified atom stereocenters. The summed E-state index contributed by atoms with van der Waals surface area (Å²) in [5, 5.41) is 20.7. The van der Waals surface area contributed by atoms with E-state index in [4.69, 9.17) is 0 Å². The third-order valence-electron chi connectivity index (χ3n) is 3.16. The topological polar surface area (TPSA) is 78.4 Å². The van der Waals surface area contributed by atoms with Crippen LogP contribution in [0.1, 0.15) is 5.56 Å². The van der Waals surface area contributed by atoms with Crippen molar-refractivity contribution in [3.63, 3.8) is 0 Å². The number of phenolic OH excluding ortho intramolecular Hbond substituents is 1. The van der Waals surface area contributed by atoms with Gasteiger partial charge in [0.05, 0.1) is 5.69 Å². The van der Waals surface area contributed by atoms with Gasteiger partial charge in [0.1, 0.15) is 17.4 Å². The Kier molecular flexibility index (Phi) is 4.90. The van der Waals surface area contributed by atoms with Gasteiger partial charge in [-0.1, -0.05) is 0 Å². The molecule has 2 N–H and O–H groups in total. The summed E-state index contributed by atoms with van der Waals surface area (Å²) in [4.78, 5) is 12.9.